The number of nitrogen functional groups attached to an aromatic ring is 1. The molecule has 1 aliphatic heterocycles. The highest BCUT2D eigenvalue weighted by Gasteiger charge is 2.47. The van der Waals surface area contributed by atoms with Crippen molar-refractivity contribution in [1.29, 1.82) is 0 Å². The third kappa shape index (κ3) is 2.45. The number of hydrogen-bond donors (Lipinski definition) is 2. The molecule has 0 radical (unpaired) electrons. The van der Waals surface area contributed by atoms with Crippen LogP contribution in [0.2, 0.25) is 0 Å². The first-order chi connectivity index (χ1) is 8.63. The Labute approximate surface area is 109 Å². The van der Waals surface area contributed by atoms with Gasteiger partial charge in [-0.1, -0.05) is 19.9 Å². The molecule has 6 heteroatoms. The van der Waals surface area contributed by atoms with Crippen molar-refractivity contribution >= 4 is 11.5 Å². The van der Waals surface area contributed by atoms with Gasteiger partial charge in [-0.3, -0.25) is 4.79 Å². The molecule has 0 bridgehead atoms. The Kier molecular flexibility index (Phi) is 3.09. The standard InChI is InChI=1S/C13H15F3N2O/c1-12(2)6-18-10(11(19)13(14,15)16)8-5-7(17)3-4-9(8)12/h3-5,10,18H,6,17H2,1-2H3. The monoisotopic (exact) mass is 272 g/mol. The van der Waals surface area contributed by atoms with Crippen molar-refractivity contribution < 1.29 is 18.0 Å². The Hall–Kier alpha value is -1.56. The van der Waals surface area contributed by atoms with Gasteiger partial charge >= 0.3 is 6.18 Å². The molecule has 3 nitrogen and oxygen atoms in total. The van der Waals surface area contributed by atoms with Gasteiger partial charge in [-0.05, 0) is 23.3 Å². The normalized spacial score (nSPS) is 21.8. The third-order valence-electron chi connectivity index (χ3n) is 3.41. The lowest BCUT2D eigenvalue weighted by molar-refractivity contribution is -0.173. The summed E-state index contributed by atoms with van der Waals surface area (Å²) < 4.78 is 37.8. The second kappa shape index (κ2) is 4.23. The molecule has 1 aromatic carbocycles. The van der Waals surface area contributed by atoms with Gasteiger partial charge in [0.15, 0.2) is 0 Å². The molecular formula is C13H15F3N2O. The fraction of sp³-hybridized carbons (Fsp3) is 0.462. The highest BCUT2D eigenvalue weighted by atomic mass is 19.4. The molecule has 0 amide bonds. The molecule has 1 aromatic rings. The van der Waals surface area contributed by atoms with Crippen molar-refractivity contribution in [2.24, 2.45) is 0 Å². The first kappa shape index (κ1) is 13.9. The number of alkyl halides is 3. The first-order valence-electron chi connectivity index (χ1n) is 5.87. The number of hydrogen-bond acceptors (Lipinski definition) is 3. The Morgan fingerprint density at radius 2 is 2.05 bits per heavy atom. The maximum atomic E-state index is 12.6. The summed E-state index contributed by atoms with van der Waals surface area (Å²) in [5.41, 5.74) is 6.67. The SMILES string of the molecule is CC1(C)CNC(C(=O)C(F)(F)F)c2cc(N)ccc21. The number of fused-ring (bicyclic) bond motifs is 1. The van der Waals surface area contributed by atoms with Gasteiger partial charge in [0.05, 0.1) is 0 Å². The second-order valence-electron chi connectivity index (χ2n) is 5.41. The van der Waals surface area contributed by atoms with Crippen LogP contribution >= 0.6 is 0 Å². The Morgan fingerprint density at radius 1 is 1.42 bits per heavy atom. The number of ketones is 1. The van der Waals surface area contributed by atoms with E-state index >= 15 is 0 Å². The van der Waals surface area contributed by atoms with Gasteiger partial charge in [-0.2, -0.15) is 13.2 Å². The molecule has 1 unspecified atom stereocenters. The van der Waals surface area contributed by atoms with Crippen LogP contribution in [0.25, 0.3) is 0 Å². The molecule has 3 N–H and O–H groups in total. The van der Waals surface area contributed by atoms with Crippen LogP contribution in [0.3, 0.4) is 0 Å². The summed E-state index contributed by atoms with van der Waals surface area (Å²) in [5.74, 6) is -1.78. The zero-order valence-corrected chi connectivity index (χ0v) is 10.6. The predicted octanol–water partition coefficient (Wildman–Crippen LogP) is 2.32. The summed E-state index contributed by atoms with van der Waals surface area (Å²) in [7, 11) is 0. The number of carbonyl (C=O) groups is 1. The quantitative estimate of drug-likeness (QED) is 0.771. The van der Waals surface area contributed by atoms with Crippen LogP contribution in [0, 0.1) is 0 Å². The number of Topliss-reactive ketones (excluding diaryl/α,β-unsaturated/α-hetero) is 1. The van der Waals surface area contributed by atoms with Crippen LogP contribution in [-0.4, -0.2) is 18.5 Å². The van der Waals surface area contributed by atoms with Crippen LogP contribution in [0.1, 0.15) is 31.0 Å². The van der Waals surface area contributed by atoms with Crippen molar-refractivity contribution in [2.75, 3.05) is 12.3 Å². The van der Waals surface area contributed by atoms with E-state index in [-0.39, 0.29) is 5.41 Å². The molecule has 0 aromatic heterocycles. The lowest BCUT2D eigenvalue weighted by Crippen LogP contribution is -2.47. The van der Waals surface area contributed by atoms with Crippen molar-refractivity contribution in [1.82, 2.24) is 5.32 Å². The molecular weight excluding hydrogens is 257 g/mol. The van der Waals surface area contributed by atoms with Crippen molar-refractivity contribution in [3.63, 3.8) is 0 Å². The molecule has 0 saturated carbocycles. The summed E-state index contributed by atoms with van der Waals surface area (Å²) in [6, 6.07) is 3.41. The van der Waals surface area contributed by atoms with E-state index in [2.05, 4.69) is 5.32 Å². The van der Waals surface area contributed by atoms with Gasteiger partial charge < -0.3 is 11.1 Å². The summed E-state index contributed by atoms with van der Waals surface area (Å²) in [6.07, 6.45) is -4.86. The highest BCUT2D eigenvalue weighted by Crippen LogP contribution is 2.38. The van der Waals surface area contributed by atoms with Gasteiger partial charge in [-0.25, -0.2) is 0 Å². The van der Waals surface area contributed by atoms with E-state index in [9.17, 15) is 18.0 Å². The van der Waals surface area contributed by atoms with Crippen LogP contribution in [-0.2, 0) is 10.2 Å². The molecule has 0 spiro atoms. The molecule has 0 fully saturated rings. The van der Waals surface area contributed by atoms with Crippen molar-refractivity contribution in [3.8, 4) is 0 Å². The molecule has 1 heterocycles. The molecule has 19 heavy (non-hydrogen) atoms. The molecule has 0 saturated heterocycles. The van der Waals surface area contributed by atoms with Gasteiger partial charge in [0, 0.05) is 17.6 Å². The highest BCUT2D eigenvalue weighted by molar-refractivity contribution is 5.91. The van der Waals surface area contributed by atoms with Gasteiger partial charge in [0.2, 0.25) is 0 Å². The van der Waals surface area contributed by atoms with Crippen LogP contribution in [0.5, 0.6) is 0 Å². The van der Waals surface area contributed by atoms with Gasteiger partial charge in [0.25, 0.3) is 5.78 Å². The Morgan fingerprint density at radius 3 is 2.63 bits per heavy atom. The molecule has 104 valence electrons. The predicted molar refractivity (Wildman–Crippen MR) is 65.7 cm³/mol. The van der Waals surface area contributed by atoms with E-state index < -0.39 is 18.0 Å². The largest absolute Gasteiger partial charge is 0.452 e. The lowest BCUT2D eigenvalue weighted by Gasteiger charge is -2.37. The number of carbonyl (C=O) groups excluding carboxylic acids is 1. The number of rotatable bonds is 1. The van der Waals surface area contributed by atoms with E-state index in [0.29, 0.717) is 17.8 Å². The number of anilines is 1. The number of nitrogens with one attached hydrogen (secondary N) is 1. The van der Waals surface area contributed by atoms with Crippen molar-refractivity contribution in [3.05, 3.63) is 29.3 Å². The molecule has 0 aliphatic carbocycles. The van der Waals surface area contributed by atoms with E-state index in [1.807, 2.05) is 13.8 Å². The molecule has 1 aliphatic rings. The first-order valence-corrected chi connectivity index (χ1v) is 5.87. The zero-order valence-electron chi connectivity index (χ0n) is 10.6. The number of benzene rings is 1. The van der Waals surface area contributed by atoms with Crippen LogP contribution < -0.4 is 11.1 Å². The smallest absolute Gasteiger partial charge is 0.399 e. The van der Waals surface area contributed by atoms with Crippen LogP contribution in [0.4, 0.5) is 18.9 Å². The average molecular weight is 272 g/mol. The number of nitrogens with two attached hydrogens (primary N) is 1. The zero-order chi connectivity index (χ0) is 14.4. The maximum absolute atomic E-state index is 12.6. The topological polar surface area (TPSA) is 55.1 Å². The minimum atomic E-state index is -4.86. The minimum Gasteiger partial charge on any atom is -0.399 e. The van der Waals surface area contributed by atoms with Crippen LogP contribution in [0.15, 0.2) is 18.2 Å². The Bertz CT molecular complexity index is 523. The summed E-state index contributed by atoms with van der Waals surface area (Å²) >= 11 is 0. The maximum Gasteiger partial charge on any atom is 0.452 e. The van der Waals surface area contributed by atoms with Crippen molar-refractivity contribution in [2.45, 2.75) is 31.5 Å². The fourth-order valence-electron chi connectivity index (χ4n) is 2.40. The average Bonchev–Trinajstić information content (AvgIpc) is 2.26. The summed E-state index contributed by atoms with van der Waals surface area (Å²) in [5, 5.41) is 2.67. The fourth-order valence-corrected chi connectivity index (χ4v) is 2.40. The van der Waals surface area contributed by atoms with E-state index in [1.165, 1.54) is 6.07 Å². The summed E-state index contributed by atoms with van der Waals surface area (Å²) in [6.45, 7) is 4.11. The second-order valence-corrected chi connectivity index (χ2v) is 5.41. The third-order valence-corrected chi connectivity index (χ3v) is 3.41. The van der Waals surface area contributed by atoms with E-state index in [1.54, 1.807) is 12.1 Å². The number of halogens is 3. The lowest BCUT2D eigenvalue weighted by atomic mass is 9.76. The van der Waals surface area contributed by atoms with Gasteiger partial charge in [0.1, 0.15) is 6.04 Å². The Balaban J connectivity index is 2.52. The van der Waals surface area contributed by atoms with E-state index in [4.69, 9.17) is 5.73 Å². The van der Waals surface area contributed by atoms with E-state index in [0.717, 1.165) is 5.56 Å². The molecule has 1 atom stereocenters. The van der Waals surface area contributed by atoms with Gasteiger partial charge in [-0.15, -0.1) is 0 Å². The summed E-state index contributed by atoms with van der Waals surface area (Å²) in [4.78, 5) is 11.5. The molecule has 2 rings (SSSR count). The minimum absolute atomic E-state index is 0.302.